The van der Waals surface area contributed by atoms with Gasteiger partial charge in [0, 0.05) is 16.1 Å². The van der Waals surface area contributed by atoms with Crippen molar-refractivity contribution in [2.24, 2.45) is 0 Å². The molecule has 1 atom stereocenters. The van der Waals surface area contributed by atoms with Crippen LogP contribution in [-0.4, -0.2) is 19.6 Å². The van der Waals surface area contributed by atoms with Crippen molar-refractivity contribution in [3.05, 3.63) is 63.6 Å². The molecule has 7 heteroatoms. The van der Waals surface area contributed by atoms with Gasteiger partial charge < -0.3 is 14.8 Å². The molecule has 0 aliphatic carbocycles. The van der Waals surface area contributed by atoms with Crippen molar-refractivity contribution >= 4 is 35.2 Å². The highest BCUT2D eigenvalue weighted by molar-refractivity contribution is 6.35. The van der Waals surface area contributed by atoms with Crippen LogP contribution in [0.3, 0.4) is 0 Å². The summed E-state index contributed by atoms with van der Waals surface area (Å²) in [5, 5.41) is 12.5. The van der Waals surface area contributed by atoms with Crippen molar-refractivity contribution < 1.29 is 14.3 Å². The zero-order valence-corrected chi connectivity index (χ0v) is 16.3. The number of nitrogens with one attached hydrogen (secondary N) is 1. The molecule has 140 valence electrons. The summed E-state index contributed by atoms with van der Waals surface area (Å²) in [5.74, 6) is 0.679. The van der Waals surface area contributed by atoms with Crippen LogP contribution in [0.4, 0.5) is 0 Å². The Morgan fingerprint density at radius 2 is 2.04 bits per heavy atom. The summed E-state index contributed by atoms with van der Waals surface area (Å²) in [4.78, 5) is 12.2. The van der Waals surface area contributed by atoms with Crippen LogP contribution >= 0.6 is 23.2 Å². The van der Waals surface area contributed by atoms with E-state index in [1.807, 2.05) is 13.0 Å². The first kappa shape index (κ1) is 20.6. The zero-order valence-electron chi connectivity index (χ0n) is 14.8. The topological polar surface area (TPSA) is 71.3 Å². The summed E-state index contributed by atoms with van der Waals surface area (Å²) >= 11 is 12.1. The minimum absolute atomic E-state index is 0.0703. The number of nitrogens with zero attached hydrogens (tertiary/aromatic N) is 1. The molecule has 0 spiro atoms. The minimum Gasteiger partial charge on any atom is -0.493 e. The molecule has 1 N–H and O–H groups in total. The number of amides is 1. The van der Waals surface area contributed by atoms with Crippen molar-refractivity contribution in [1.82, 2.24) is 5.32 Å². The largest absolute Gasteiger partial charge is 0.493 e. The summed E-state index contributed by atoms with van der Waals surface area (Å²) in [6.07, 6.45) is 3.08. The fraction of sp³-hybridized carbons (Fsp3) is 0.200. The highest BCUT2D eigenvalue weighted by atomic mass is 35.5. The molecule has 2 aromatic rings. The number of rotatable bonds is 7. The normalized spacial score (nSPS) is 11.7. The molecule has 0 aliphatic rings. The highest BCUT2D eigenvalue weighted by Crippen LogP contribution is 2.29. The van der Waals surface area contributed by atoms with Gasteiger partial charge >= 0.3 is 0 Å². The first-order chi connectivity index (χ1) is 12.9. The highest BCUT2D eigenvalue weighted by Gasteiger charge is 2.12. The van der Waals surface area contributed by atoms with E-state index in [-0.39, 0.29) is 18.6 Å². The molecule has 0 fully saturated rings. The van der Waals surface area contributed by atoms with Gasteiger partial charge in [-0.15, -0.1) is 0 Å². The fourth-order valence-electron chi connectivity index (χ4n) is 2.38. The number of carbonyl (C=O) groups is 1. The molecule has 0 saturated heterocycles. The van der Waals surface area contributed by atoms with Crippen molar-refractivity contribution in [3.63, 3.8) is 0 Å². The second-order valence-electron chi connectivity index (χ2n) is 5.59. The fourth-order valence-corrected chi connectivity index (χ4v) is 2.95. The third kappa shape index (κ3) is 5.92. The number of hydrogen-bond acceptors (Lipinski definition) is 4. The van der Waals surface area contributed by atoms with Gasteiger partial charge in [-0.25, -0.2) is 0 Å². The number of methoxy groups -OCH3 is 1. The van der Waals surface area contributed by atoms with E-state index in [0.29, 0.717) is 21.5 Å². The second-order valence-corrected chi connectivity index (χ2v) is 6.43. The Bertz CT molecular complexity index is 891. The lowest BCUT2D eigenvalue weighted by Crippen LogP contribution is -2.24. The molecule has 0 heterocycles. The quantitative estimate of drug-likeness (QED) is 0.672. The van der Waals surface area contributed by atoms with Crippen LogP contribution in [0.5, 0.6) is 11.5 Å². The number of halogens is 2. The maximum atomic E-state index is 12.2. The number of ether oxygens (including phenoxy) is 2. The molecule has 2 aromatic carbocycles. The first-order valence-corrected chi connectivity index (χ1v) is 8.81. The predicted octanol–water partition coefficient (Wildman–Crippen LogP) is 4.79. The Kier molecular flexibility index (Phi) is 7.54. The van der Waals surface area contributed by atoms with E-state index in [1.165, 1.54) is 13.2 Å². The standard InChI is InChI=1S/C20H18Cl2N2O3/c1-13(16-6-5-15(21)12-17(16)22)24-20(25)8-4-14-3-7-18(27-10-9-23)19(11-14)26-2/h3-8,11-13H,10H2,1-2H3,(H,24,25)/b8-4+/t13-/m1/s1. The number of carbonyl (C=O) groups excluding carboxylic acids is 1. The Labute approximate surface area is 168 Å². The molecule has 0 radical (unpaired) electrons. The maximum absolute atomic E-state index is 12.2. The summed E-state index contributed by atoms with van der Waals surface area (Å²) in [6.45, 7) is 1.77. The molecule has 0 unspecified atom stereocenters. The van der Waals surface area contributed by atoms with Gasteiger partial charge in [0.25, 0.3) is 0 Å². The van der Waals surface area contributed by atoms with E-state index in [0.717, 1.165) is 11.1 Å². The van der Waals surface area contributed by atoms with Crippen LogP contribution in [0.1, 0.15) is 24.1 Å². The van der Waals surface area contributed by atoms with Gasteiger partial charge in [0.1, 0.15) is 6.07 Å². The number of nitriles is 1. The van der Waals surface area contributed by atoms with E-state index in [4.69, 9.17) is 37.9 Å². The van der Waals surface area contributed by atoms with E-state index in [9.17, 15) is 4.79 Å². The van der Waals surface area contributed by atoms with Crippen LogP contribution in [0.15, 0.2) is 42.5 Å². The molecule has 2 rings (SSSR count). The zero-order chi connectivity index (χ0) is 19.8. The maximum Gasteiger partial charge on any atom is 0.244 e. The molecule has 0 saturated carbocycles. The van der Waals surface area contributed by atoms with Gasteiger partial charge in [0.15, 0.2) is 18.1 Å². The van der Waals surface area contributed by atoms with Gasteiger partial charge in [-0.1, -0.05) is 35.3 Å². The molecule has 0 bridgehead atoms. The molecule has 27 heavy (non-hydrogen) atoms. The van der Waals surface area contributed by atoms with Crippen molar-refractivity contribution in [1.29, 1.82) is 5.26 Å². The smallest absolute Gasteiger partial charge is 0.244 e. The molecule has 5 nitrogen and oxygen atoms in total. The van der Waals surface area contributed by atoms with Crippen molar-refractivity contribution in [3.8, 4) is 17.6 Å². The average Bonchev–Trinajstić information content (AvgIpc) is 2.64. The Morgan fingerprint density at radius 3 is 2.70 bits per heavy atom. The Morgan fingerprint density at radius 1 is 1.26 bits per heavy atom. The van der Waals surface area contributed by atoms with Crippen molar-refractivity contribution in [2.45, 2.75) is 13.0 Å². The van der Waals surface area contributed by atoms with Gasteiger partial charge in [0.05, 0.1) is 13.2 Å². The number of hydrogen-bond donors (Lipinski definition) is 1. The lowest BCUT2D eigenvalue weighted by molar-refractivity contribution is -0.117. The van der Waals surface area contributed by atoms with E-state index in [2.05, 4.69) is 5.32 Å². The van der Waals surface area contributed by atoms with Crippen LogP contribution < -0.4 is 14.8 Å². The molecular weight excluding hydrogens is 387 g/mol. The average molecular weight is 405 g/mol. The summed E-state index contributed by atoms with van der Waals surface area (Å²) in [5.41, 5.74) is 1.53. The minimum atomic E-state index is -0.275. The number of benzene rings is 2. The third-order valence-electron chi connectivity index (χ3n) is 3.69. The third-order valence-corrected chi connectivity index (χ3v) is 4.26. The summed E-state index contributed by atoms with van der Waals surface area (Å²) in [7, 11) is 1.51. The van der Waals surface area contributed by atoms with E-state index < -0.39 is 0 Å². The van der Waals surface area contributed by atoms with Crippen LogP contribution in [0.25, 0.3) is 6.08 Å². The Balaban J connectivity index is 2.04. The lowest BCUT2D eigenvalue weighted by Gasteiger charge is -2.14. The van der Waals surface area contributed by atoms with Crippen LogP contribution in [0.2, 0.25) is 10.0 Å². The SMILES string of the molecule is COc1cc(/C=C/C(=O)N[C@H](C)c2ccc(Cl)cc2Cl)ccc1OCC#N. The van der Waals surface area contributed by atoms with Crippen LogP contribution in [-0.2, 0) is 4.79 Å². The van der Waals surface area contributed by atoms with Gasteiger partial charge in [-0.2, -0.15) is 5.26 Å². The molecular formula is C20H18Cl2N2O3. The van der Waals surface area contributed by atoms with E-state index in [1.54, 1.807) is 42.5 Å². The van der Waals surface area contributed by atoms with Gasteiger partial charge in [0.2, 0.25) is 5.91 Å². The molecule has 0 aliphatic heterocycles. The van der Waals surface area contributed by atoms with Crippen LogP contribution in [0, 0.1) is 11.3 Å². The van der Waals surface area contributed by atoms with Crippen molar-refractivity contribution in [2.75, 3.05) is 13.7 Å². The first-order valence-electron chi connectivity index (χ1n) is 8.06. The van der Waals surface area contributed by atoms with Gasteiger partial charge in [-0.3, -0.25) is 4.79 Å². The van der Waals surface area contributed by atoms with Gasteiger partial charge in [-0.05, 0) is 48.4 Å². The second kappa shape index (κ2) is 9.86. The lowest BCUT2D eigenvalue weighted by atomic mass is 10.1. The molecule has 1 amide bonds. The van der Waals surface area contributed by atoms with E-state index >= 15 is 0 Å². The monoisotopic (exact) mass is 404 g/mol. The summed E-state index contributed by atoms with van der Waals surface area (Å²) < 4.78 is 10.5. The predicted molar refractivity (Wildman–Crippen MR) is 106 cm³/mol. The Hall–Kier alpha value is -2.68. The molecule has 0 aromatic heterocycles. The summed E-state index contributed by atoms with van der Waals surface area (Å²) in [6, 6.07) is 11.9.